The Morgan fingerprint density at radius 2 is 1.60 bits per heavy atom. The molecule has 8 nitrogen and oxygen atoms in total. The van der Waals surface area contributed by atoms with E-state index in [1.54, 1.807) is 11.7 Å². The SMILES string of the molecule is CCCCc1nc(C)n(Cc2ccc(OC)cc2)c(=O)c1Cc1ccc(-c2ccccc2-c2noc(=O)[nH]2)cc1.[K].[Na]. The van der Waals surface area contributed by atoms with E-state index in [-0.39, 0.29) is 86.5 Å². The number of aromatic nitrogens is 4. The average Bonchev–Trinajstić information content (AvgIpc) is 3.42. The van der Waals surface area contributed by atoms with E-state index in [0.29, 0.717) is 24.6 Å². The molecule has 2 radical (unpaired) electrons. The molecule has 0 atom stereocenters. The van der Waals surface area contributed by atoms with Crippen LogP contribution in [-0.2, 0) is 19.4 Å². The van der Waals surface area contributed by atoms with Crippen LogP contribution in [0.25, 0.3) is 22.5 Å². The van der Waals surface area contributed by atoms with Gasteiger partial charge in [0.1, 0.15) is 11.6 Å². The first-order valence-corrected chi connectivity index (χ1v) is 13.4. The number of aromatic amines is 1. The Balaban J connectivity index is 0.00000242. The first-order valence-electron chi connectivity index (χ1n) is 13.4. The van der Waals surface area contributed by atoms with Gasteiger partial charge in [-0.05, 0) is 54.2 Å². The Morgan fingerprint density at radius 1 is 0.929 bits per heavy atom. The number of benzene rings is 3. The van der Waals surface area contributed by atoms with Crippen molar-refractivity contribution < 1.29 is 9.26 Å². The molecule has 0 aliphatic carbocycles. The topological polar surface area (TPSA) is 103 Å². The normalized spacial score (nSPS) is 10.5. The van der Waals surface area contributed by atoms with E-state index in [1.165, 1.54) is 0 Å². The predicted octanol–water partition coefficient (Wildman–Crippen LogP) is 4.79. The molecule has 0 aliphatic heterocycles. The number of ether oxygens (including phenoxy) is 1. The molecule has 0 aliphatic rings. The van der Waals surface area contributed by atoms with Crippen molar-refractivity contribution in [1.29, 1.82) is 0 Å². The fourth-order valence-corrected chi connectivity index (χ4v) is 4.88. The van der Waals surface area contributed by atoms with E-state index in [0.717, 1.165) is 64.1 Å². The second-order valence-corrected chi connectivity index (χ2v) is 9.79. The van der Waals surface area contributed by atoms with Crippen LogP contribution in [0.2, 0.25) is 0 Å². The molecule has 2 heterocycles. The molecule has 0 amide bonds. The summed E-state index contributed by atoms with van der Waals surface area (Å²) in [6, 6.07) is 23.6. The molecule has 0 spiro atoms. The Labute approximate surface area is 309 Å². The smallest absolute Gasteiger partial charge is 0.439 e. The number of nitrogens with zero attached hydrogens (tertiary/aromatic N) is 3. The van der Waals surface area contributed by atoms with Gasteiger partial charge in [0.05, 0.1) is 19.3 Å². The van der Waals surface area contributed by atoms with Crippen molar-refractivity contribution >= 4 is 80.9 Å². The number of aryl methyl sites for hydroxylation is 2. The molecule has 0 saturated carbocycles. The van der Waals surface area contributed by atoms with Gasteiger partial charge in [-0.25, -0.2) is 9.78 Å². The predicted molar refractivity (Wildman–Crippen MR) is 166 cm³/mol. The third-order valence-electron chi connectivity index (χ3n) is 7.07. The van der Waals surface area contributed by atoms with Crippen molar-refractivity contribution in [2.45, 2.75) is 46.1 Å². The van der Waals surface area contributed by atoms with E-state index in [2.05, 4.69) is 17.1 Å². The van der Waals surface area contributed by atoms with Gasteiger partial charge >= 0.3 is 5.76 Å². The van der Waals surface area contributed by atoms with Crippen LogP contribution < -0.4 is 16.1 Å². The van der Waals surface area contributed by atoms with Crippen molar-refractivity contribution in [3.05, 3.63) is 122 Å². The molecule has 5 rings (SSSR count). The third kappa shape index (κ3) is 8.09. The van der Waals surface area contributed by atoms with E-state index >= 15 is 0 Å². The quantitative estimate of drug-likeness (QED) is 0.232. The number of rotatable bonds is 10. The van der Waals surface area contributed by atoms with Crippen molar-refractivity contribution in [3.63, 3.8) is 0 Å². The summed E-state index contributed by atoms with van der Waals surface area (Å²) in [5.74, 6) is 1.28. The molecule has 3 aromatic carbocycles. The van der Waals surface area contributed by atoms with E-state index in [1.807, 2.05) is 79.7 Å². The summed E-state index contributed by atoms with van der Waals surface area (Å²) in [6.45, 7) is 4.49. The fourth-order valence-electron chi connectivity index (χ4n) is 4.88. The first kappa shape index (κ1) is 34.4. The van der Waals surface area contributed by atoms with Crippen LogP contribution in [0.1, 0.15) is 48.0 Å². The maximum atomic E-state index is 13.9. The molecule has 0 saturated heterocycles. The number of nitrogens with one attached hydrogen (secondary N) is 1. The molecule has 206 valence electrons. The van der Waals surface area contributed by atoms with Gasteiger partial charge in [-0.15, -0.1) is 0 Å². The average molecular weight is 599 g/mol. The minimum absolute atomic E-state index is 0. The third-order valence-corrected chi connectivity index (χ3v) is 7.07. The summed E-state index contributed by atoms with van der Waals surface area (Å²) in [4.78, 5) is 32.9. The first-order chi connectivity index (χ1) is 19.5. The monoisotopic (exact) mass is 598 g/mol. The zero-order chi connectivity index (χ0) is 28.1. The van der Waals surface area contributed by atoms with Gasteiger partial charge in [-0.1, -0.05) is 79.2 Å². The van der Waals surface area contributed by atoms with Crippen LogP contribution in [-0.4, -0.2) is 108 Å². The van der Waals surface area contributed by atoms with Crippen LogP contribution >= 0.6 is 0 Å². The van der Waals surface area contributed by atoms with Crippen molar-refractivity contribution in [2.24, 2.45) is 0 Å². The van der Waals surface area contributed by atoms with Gasteiger partial charge in [-0.2, -0.15) is 0 Å². The number of H-pyrrole nitrogens is 1. The maximum Gasteiger partial charge on any atom is 0.439 e. The molecule has 2 aromatic heterocycles. The molecule has 0 unspecified atom stereocenters. The largest absolute Gasteiger partial charge is 0.497 e. The number of methoxy groups -OCH3 is 1. The Morgan fingerprint density at radius 3 is 2.21 bits per heavy atom. The van der Waals surface area contributed by atoms with Crippen LogP contribution in [0.4, 0.5) is 0 Å². The van der Waals surface area contributed by atoms with Gasteiger partial charge in [-0.3, -0.25) is 18.9 Å². The summed E-state index contributed by atoms with van der Waals surface area (Å²) in [7, 11) is 1.64. The Bertz CT molecular complexity index is 1730. The van der Waals surface area contributed by atoms with Gasteiger partial charge in [0.25, 0.3) is 5.56 Å². The van der Waals surface area contributed by atoms with Gasteiger partial charge in [0, 0.05) is 98.5 Å². The summed E-state index contributed by atoms with van der Waals surface area (Å²) in [5, 5.41) is 3.85. The van der Waals surface area contributed by atoms with E-state index < -0.39 is 5.76 Å². The van der Waals surface area contributed by atoms with Gasteiger partial charge in [0.2, 0.25) is 0 Å². The zero-order valence-corrected chi connectivity index (χ0v) is 30.1. The van der Waals surface area contributed by atoms with E-state index in [9.17, 15) is 9.59 Å². The standard InChI is InChI=1S/C32H32N4O4.K.Na/c1-4-5-10-29-28(31(37)36(21(2)33-29)20-23-13-17-25(39-3)18-14-23)19-22-11-15-24(16-12-22)26-8-6-7-9-27(26)30-34-32(38)40-35-30;;/h6-9,11-18H,4-5,10,19-20H2,1-3H3,(H,34,35,38);;. The molecular weight excluding hydrogens is 566 g/mol. The molecule has 5 aromatic rings. The minimum Gasteiger partial charge on any atom is -0.497 e. The van der Waals surface area contributed by atoms with Crippen LogP contribution in [0.5, 0.6) is 5.75 Å². The minimum atomic E-state index is -0.594. The summed E-state index contributed by atoms with van der Waals surface area (Å²) < 4.78 is 11.7. The second kappa shape index (κ2) is 16.1. The molecule has 10 heteroatoms. The van der Waals surface area contributed by atoms with E-state index in [4.69, 9.17) is 14.2 Å². The van der Waals surface area contributed by atoms with Crippen molar-refractivity contribution in [3.8, 4) is 28.3 Å². The summed E-state index contributed by atoms with van der Waals surface area (Å²) in [5.41, 5.74) is 6.30. The second-order valence-electron chi connectivity index (χ2n) is 9.79. The number of hydrogen-bond donors (Lipinski definition) is 1. The molecule has 0 bridgehead atoms. The van der Waals surface area contributed by atoms with Crippen molar-refractivity contribution in [1.82, 2.24) is 19.7 Å². The maximum absolute atomic E-state index is 13.9. The van der Waals surface area contributed by atoms with Crippen LogP contribution in [0.3, 0.4) is 0 Å². The zero-order valence-electron chi connectivity index (χ0n) is 24.9. The molecule has 0 fully saturated rings. The van der Waals surface area contributed by atoms with Crippen LogP contribution in [0.15, 0.2) is 86.9 Å². The molecule has 1 N–H and O–H groups in total. The summed E-state index contributed by atoms with van der Waals surface area (Å²) in [6.07, 6.45) is 3.26. The van der Waals surface area contributed by atoms with Gasteiger partial charge < -0.3 is 4.74 Å². The number of unbranched alkanes of at least 4 members (excludes halogenated alkanes) is 1. The summed E-state index contributed by atoms with van der Waals surface area (Å²) >= 11 is 0. The number of hydrogen-bond acceptors (Lipinski definition) is 6. The Kier molecular flexibility index (Phi) is 13.2. The van der Waals surface area contributed by atoms with Crippen LogP contribution in [0, 0.1) is 6.92 Å². The van der Waals surface area contributed by atoms with Gasteiger partial charge in [0.15, 0.2) is 5.82 Å². The van der Waals surface area contributed by atoms with Crippen molar-refractivity contribution in [2.75, 3.05) is 7.11 Å². The molecule has 42 heavy (non-hydrogen) atoms. The Hall–Kier alpha value is -2.08. The molecular formula is C32H32KN4NaO4. The fraction of sp³-hybridized carbons (Fsp3) is 0.250.